The summed E-state index contributed by atoms with van der Waals surface area (Å²) in [5.41, 5.74) is 17.6. The van der Waals surface area contributed by atoms with Gasteiger partial charge >= 0.3 is 0 Å². The first-order chi connectivity index (χ1) is 31.1. The molecule has 4 nitrogen and oxygen atoms in total. The normalized spacial score (nSPS) is 17.7. The maximum Gasteiger partial charge on any atom is 0.160 e. The third kappa shape index (κ3) is 6.33. The maximum absolute atomic E-state index is 5.53. The minimum Gasteiger partial charge on any atom is -0.372 e. The molecule has 3 heterocycles. The lowest BCUT2D eigenvalue weighted by molar-refractivity contribution is 0.727. The van der Waals surface area contributed by atoms with E-state index in [1.54, 1.807) is 0 Å². The van der Waals surface area contributed by atoms with Crippen LogP contribution in [0.15, 0.2) is 218 Å². The Kier molecular flexibility index (Phi) is 8.72. The molecule has 0 saturated heterocycles. The molecule has 0 fully saturated rings. The van der Waals surface area contributed by atoms with Crippen molar-refractivity contribution in [1.82, 2.24) is 15.0 Å². The van der Waals surface area contributed by atoms with Gasteiger partial charge in [-0.2, -0.15) is 0 Å². The third-order valence-electron chi connectivity index (χ3n) is 13.0. The fraction of sp³-hybridized carbons (Fsp3) is 0.0678. The summed E-state index contributed by atoms with van der Waals surface area (Å²) in [6.07, 6.45) is 16.8. The summed E-state index contributed by atoms with van der Waals surface area (Å²) < 4.78 is 0. The van der Waals surface area contributed by atoms with Gasteiger partial charge in [0.05, 0.1) is 27.8 Å². The van der Waals surface area contributed by atoms with Gasteiger partial charge in [-0.05, 0) is 82.6 Å². The van der Waals surface area contributed by atoms with E-state index in [0.29, 0.717) is 5.82 Å². The van der Waals surface area contributed by atoms with E-state index >= 15 is 0 Å². The van der Waals surface area contributed by atoms with Crippen molar-refractivity contribution in [1.29, 1.82) is 0 Å². The molecule has 3 aliphatic rings. The molecule has 0 radical (unpaired) electrons. The highest BCUT2D eigenvalue weighted by Crippen LogP contribution is 2.48. The van der Waals surface area contributed by atoms with Crippen LogP contribution >= 0.6 is 0 Å². The van der Waals surface area contributed by atoms with Crippen LogP contribution in [0, 0.1) is 5.92 Å². The molecule has 0 saturated carbocycles. The number of hydrogen-bond donors (Lipinski definition) is 1. The Morgan fingerprint density at radius 1 is 0.540 bits per heavy atom. The lowest BCUT2D eigenvalue weighted by Crippen LogP contribution is -2.39. The van der Waals surface area contributed by atoms with Crippen LogP contribution in [-0.2, 0) is 0 Å². The van der Waals surface area contributed by atoms with Gasteiger partial charge in [0.15, 0.2) is 5.82 Å². The molecular formula is C59H42N4. The largest absolute Gasteiger partial charge is 0.372 e. The standard InChI is InChI=1S/C59H42N4/c1-59-35-15-14-23-50(59)55(47-22-10-13-26-53(47)63-59)41-27-31-42(32-28-41)56-49-37-44(38-16-4-2-5-17-38)36-48(39-18-6-3-7-19-39)57(49)62-58(61-56)43-33-29-40(30-34-43)54-45-20-8-11-24-51(45)60-52-25-12-9-21-46(52)54/h2-27,29-37,41,63H,28H2,1H3. The lowest BCUT2D eigenvalue weighted by Gasteiger charge is -2.41. The highest BCUT2D eigenvalue weighted by Gasteiger charge is 2.36. The second-order valence-corrected chi connectivity index (χ2v) is 16.9. The molecule has 0 spiro atoms. The first-order valence-corrected chi connectivity index (χ1v) is 21.8. The van der Waals surface area contributed by atoms with E-state index in [1.165, 1.54) is 28.0 Å². The summed E-state index contributed by atoms with van der Waals surface area (Å²) in [5, 5.41) is 7.13. The Bertz CT molecular complexity index is 3390. The minimum absolute atomic E-state index is 0.197. The predicted octanol–water partition coefficient (Wildman–Crippen LogP) is 14.7. The number of pyridine rings is 1. The fourth-order valence-electron chi connectivity index (χ4n) is 9.96. The highest BCUT2D eigenvalue weighted by atomic mass is 15.0. The fourth-order valence-corrected chi connectivity index (χ4v) is 9.96. The van der Waals surface area contributed by atoms with E-state index in [0.717, 1.165) is 83.8 Å². The molecule has 2 atom stereocenters. The Morgan fingerprint density at radius 2 is 1.21 bits per heavy atom. The second kappa shape index (κ2) is 14.9. The molecule has 4 heteroatoms. The summed E-state index contributed by atoms with van der Waals surface area (Å²) in [6, 6.07) is 60.2. The van der Waals surface area contributed by atoms with E-state index in [2.05, 4.69) is 225 Å². The van der Waals surface area contributed by atoms with Crippen molar-refractivity contribution in [2.24, 2.45) is 5.92 Å². The van der Waals surface area contributed by atoms with Gasteiger partial charge in [0.2, 0.25) is 0 Å². The molecule has 1 aliphatic heterocycles. The zero-order valence-electron chi connectivity index (χ0n) is 34.8. The number of para-hydroxylation sites is 3. The number of anilines is 1. The molecule has 7 aromatic carbocycles. The smallest absolute Gasteiger partial charge is 0.160 e. The summed E-state index contributed by atoms with van der Waals surface area (Å²) in [7, 11) is 0. The summed E-state index contributed by atoms with van der Waals surface area (Å²) >= 11 is 0. The second-order valence-electron chi connectivity index (χ2n) is 16.9. The average Bonchev–Trinajstić information content (AvgIpc) is 3.34. The molecule has 2 aliphatic carbocycles. The molecule has 0 amide bonds. The van der Waals surface area contributed by atoms with Gasteiger partial charge in [0.25, 0.3) is 0 Å². The van der Waals surface area contributed by atoms with Gasteiger partial charge in [-0.15, -0.1) is 0 Å². The van der Waals surface area contributed by atoms with Crippen LogP contribution in [0.5, 0.6) is 0 Å². The van der Waals surface area contributed by atoms with Crippen LogP contribution in [0.3, 0.4) is 0 Å². The van der Waals surface area contributed by atoms with E-state index in [4.69, 9.17) is 15.0 Å². The minimum atomic E-state index is -0.275. The summed E-state index contributed by atoms with van der Waals surface area (Å²) in [5.74, 6) is 0.893. The van der Waals surface area contributed by atoms with Crippen molar-refractivity contribution in [2.45, 2.75) is 18.9 Å². The van der Waals surface area contributed by atoms with Gasteiger partial charge < -0.3 is 5.32 Å². The monoisotopic (exact) mass is 806 g/mol. The van der Waals surface area contributed by atoms with Crippen molar-refractivity contribution in [3.8, 4) is 44.8 Å². The number of hydrogen-bond acceptors (Lipinski definition) is 4. The molecule has 2 unspecified atom stereocenters. The van der Waals surface area contributed by atoms with E-state index < -0.39 is 0 Å². The number of benzene rings is 7. The first kappa shape index (κ1) is 36.9. The topological polar surface area (TPSA) is 50.7 Å². The Labute approximate surface area is 367 Å². The van der Waals surface area contributed by atoms with Gasteiger partial charge in [-0.25, -0.2) is 15.0 Å². The molecule has 12 rings (SSSR count). The number of nitrogens with one attached hydrogen (secondary N) is 1. The highest BCUT2D eigenvalue weighted by molar-refractivity contribution is 6.10. The Balaban J connectivity index is 1.03. The van der Waals surface area contributed by atoms with Gasteiger partial charge in [-0.3, -0.25) is 0 Å². The van der Waals surface area contributed by atoms with Gasteiger partial charge in [0, 0.05) is 50.0 Å². The van der Waals surface area contributed by atoms with Gasteiger partial charge in [0.1, 0.15) is 0 Å². The molecule has 2 aromatic heterocycles. The summed E-state index contributed by atoms with van der Waals surface area (Å²) in [6.45, 7) is 2.28. The first-order valence-electron chi connectivity index (χ1n) is 21.8. The molecule has 63 heavy (non-hydrogen) atoms. The maximum atomic E-state index is 5.53. The van der Waals surface area contributed by atoms with Crippen molar-refractivity contribution >= 4 is 49.5 Å². The number of fused-ring (bicyclic) bond motifs is 5. The average molecular weight is 807 g/mol. The van der Waals surface area contributed by atoms with Gasteiger partial charge in [-0.1, -0.05) is 182 Å². The van der Waals surface area contributed by atoms with Crippen LogP contribution in [0.1, 0.15) is 24.6 Å². The van der Waals surface area contributed by atoms with E-state index in [-0.39, 0.29) is 11.5 Å². The third-order valence-corrected chi connectivity index (χ3v) is 13.0. The zero-order chi connectivity index (χ0) is 41.9. The quantitative estimate of drug-likeness (QED) is 0.170. The zero-order valence-corrected chi connectivity index (χ0v) is 34.8. The Morgan fingerprint density at radius 3 is 1.94 bits per heavy atom. The predicted molar refractivity (Wildman–Crippen MR) is 263 cm³/mol. The number of nitrogens with zero attached hydrogens (tertiary/aromatic N) is 3. The van der Waals surface area contributed by atoms with Crippen LogP contribution in [0.4, 0.5) is 5.69 Å². The number of aromatic nitrogens is 3. The Hall–Kier alpha value is -7.95. The van der Waals surface area contributed by atoms with Crippen LogP contribution in [0.25, 0.3) is 88.6 Å². The van der Waals surface area contributed by atoms with Crippen molar-refractivity contribution in [3.05, 3.63) is 229 Å². The van der Waals surface area contributed by atoms with Crippen molar-refractivity contribution in [3.63, 3.8) is 0 Å². The lowest BCUT2D eigenvalue weighted by atomic mass is 9.73. The van der Waals surface area contributed by atoms with E-state index in [1.807, 2.05) is 0 Å². The number of allylic oxidation sites excluding steroid dienone is 7. The number of rotatable bonds is 6. The van der Waals surface area contributed by atoms with Crippen molar-refractivity contribution < 1.29 is 0 Å². The molecule has 0 bridgehead atoms. The van der Waals surface area contributed by atoms with Crippen LogP contribution in [-0.4, -0.2) is 20.5 Å². The van der Waals surface area contributed by atoms with Crippen LogP contribution in [0.2, 0.25) is 0 Å². The van der Waals surface area contributed by atoms with Crippen molar-refractivity contribution in [2.75, 3.05) is 5.32 Å². The molecule has 1 N–H and O–H groups in total. The molecule has 9 aromatic rings. The van der Waals surface area contributed by atoms with E-state index in [9.17, 15) is 0 Å². The summed E-state index contributed by atoms with van der Waals surface area (Å²) in [4.78, 5) is 16.0. The SMILES string of the molecule is CC12C=CC=CC1=C(C1C=CC(c3nc(-c4ccc(-c5c6ccccc6nc6ccccc56)cc4)nc4c(-c5ccccc5)cc(-c5ccccc5)cc34)=CC1)c1ccccc1N2. The van der Waals surface area contributed by atoms with Crippen LogP contribution < -0.4 is 5.32 Å². The molecule has 298 valence electrons. The molecular weight excluding hydrogens is 765 g/mol.